The van der Waals surface area contributed by atoms with Gasteiger partial charge in [-0.25, -0.2) is 24.1 Å². The number of para-hydroxylation sites is 1. The van der Waals surface area contributed by atoms with Crippen molar-refractivity contribution >= 4 is 41.7 Å². The number of benzene rings is 3. The number of nitrogens with zero attached hydrogens (tertiary/aromatic N) is 2. The Bertz CT molecular complexity index is 1500. The van der Waals surface area contributed by atoms with Crippen molar-refractivity contribution in [2.24, 2.45) is 10.9 Å². The Balaban J connectivity index is 1.33. The summed E-state index contributed by atoms with van der Waals surface area (Å²) in [6.45, 7) is 0.102. The maximum absolute atomic E-state index is 12.9. The van der Waals surface area contributed by atoms with Crippen LogP contribution in [0.25, 0.3) is 0 Å². The second kappa shape index (κ2) is 16.2. The molecule has 0 aromatic heterocycles. The highest BCUT2D eigenvalue weighted by molar-refractivity contribution is 6.11. The minimum absolute atomic E-state index is 0.00847. The first-order chi connectivity index (χ1) is 21.9. The number of alkyl carbamates (subject to hydrolysis) is 1. The molecule has 1 fully saturated rings. The third-order valence-corrected chi connectivity index (χ3v) is 6.73. The monoisotopic (exact) mass is 615 g/mol. The maximum atomic E-state index is 12.9. The average molecular weight is 616 g/mol. The van der Waals surface area contributed by atoms with Crippen molar-refractivity contribution < 1.29 is 38.2 Å². The number of guanidine groups is 1. The number of nitrogens with one attached hydrogen (secondary N) is 3. The van der Waals surface area contributed by atoms with Crippen LogP contribution in [0.3, 0.4) is 0 Å². The number of likely N-dealkylation sites (tertiary alicyclic amines) is 1. The summed E-state index contributed by atoms with van der Waals surface area (Å²) in [4.78, 5) is 67.7. The summed E-state index contributed by atoms with van der Waals surface area (Å²) in [5, 5.41) is 7.83. The highest BCUT2D eigenvalue weighted by atomic mass is 16.6. The summed E-state index contributed by atoms with van der Waals surface area (Å²) in [7, 11) is 1.18. The number of hydrogen-bond donors (Lipinski definition) is 3. The lowest BCUT2D eigenvalue weighted by Crippen LogP contribution is -2.67. The minimum atomic E-state index is -1.10. The van der Waals surface area contributed by atoms with Gasteiger partial charge in [0.25, 0.3) is 0 Å². The van der Waals surface area contributed by atoms with E-state index in [0.29, 0.717) is 12.1 Å². The molecule has 1 aliphatic heterocycles. The first-order valence-electron chi connectivity index (χ1n) is 14.1. The van der Waals surface area contributed by atoms with Gasteiger partial charge < -0.3 is 24.8 Å². The molecule has 3 N–H and O–H groups in total. The Hall–Kier alpha value is -5.72. The molecular formula is C32H33N5O8. The Kier molecular flexibility index (Phi) is 11.6. The summed E-state index contributed by atoms with van der Waals surface area (Å²) in [6, 6.07) is 24.7. The summed E-state index contributed by atoms with van der Waals surface area (Å²) < 4.78 is 15.3. The van der Waals surface area contributed by atoms with Crippen LogP contribution < -0.4 is 16.0 Å². The molecule has 0 radical (unpaired) electrons. The lowest BCUT2D eigenvalue weighted by molar-refractivity contribution is -0.167. The van der Waals surface area contributed by atoms with E-state index < -0.39 is 42.1 Å². The molecule has 45 heavy (non-hydrogen) atoms. The highest BCUT2D eigenvalue weighted by Gasteiger charge is 2.54. The molecule has 13 nitrogen and oxygen atoms in total. The van der Waals surface area contributed by atoms with Crippen LogP contribution in [0.4, 0.5) is 20.1 Å². The lowest BCUT2D eigenvalue weighted by atomic mass is 9.84. The van der Waals surface area contributed by atoms with E-state index in [4.69, 9.17) is 14.2 Å². The Morgan fingerprint density at radius 3 is 2.00 bits per heavy atom. The summed E-state index contributed by atoms with van der Waals surface area (Å²) >= 11 is 0. The predicted octanol–water partition coefficient (Wildman–Crippen LogP) is 4.21. The van der Waals surface area contributed by atoms with E-state index >= 15 is 0 Å². The van der Waals surface area contributed by atoms with E-state index in [1.807, 2.05) is 12.1 Å². The topological polar surface area (TPSA) is 165 Å². The third kappa shape index (κ3) is 9.38. The zero-order chi connectivity index (χ0) is 32.0. The van der Waals surface area contributed by atoms with E-state index in [-0.39, 0.29) is 32.1 Å². The molecule has 0 saturated carbocycles. The molecule has 5 amide bonds. The number of methoxy groups -OCH3 is 1. The summed E-state index contributed by atoms with van der Waals surface area (Å²) in [5.74, 6) is -2.28. The first kappa shape index (κ1) is 32.2. The maximum Gasteiger partial charge on any atom is 0.437 e. The number of ether oxygens (including phenoxy) is 3. The molecular weight excluding hydrogens is 582 g/mol. The number of β-lactam (4-membered cyclic amide) rings is 1. The Labute approximate surface area is 259 Å². The number of esters is 1. The van der Waals surface area contributed by atoms with E-state index in [1.165, 1.54) is 7.11 Å². The van der Waals surface area contributed by atoms with Crippen molar-refractivity contribution in [3.8, 4) is 0 Å². The van der Waals surface area contributed by atoms with Crippen LogP contribution in [0.2, 0.25) is 0 Å². The smallest absolute Gasteiger partial charge is 0.437 e. The molecule has 0 aliphatic carbocycles. The summed E-state index contributed by atoms with van der Waals surface area (Å²) in [6.07, 6.45) is -1.31. The van der Waals surface area contributed by atoms with Crippen molar-refractivity contribution in [3.63, 3.8) is 0 Å². The van der Waals surface area contributed by atoms with Crippen LogP contribution in [-0.2, 0) is 37.0 Å². The van der Waals surface area contributed by atoms with Crippen molar-refractivity contribution in [1.29, 1.82) is 0 Å². The van der Waals surface area contributed by atoms with Gasteiger partial charge in [-0.15, -0.1) is 4.99 Å². The van der Waals surface area contributed by atoms with Gasteiger partial charge in [0.1, 0.15) is 13.2 Å². The molecule has 0 unspecified atom stereocenters. The number of amides is 5. The van der Waals surface area contributed by atoms with Gasteiger partial charge in [0.2, 0.25) is 11.9 Å². The van der Waals surface area contributed by atoms with Gasteiger partial charge in [-0.05, 0) is 36.1 Å². The van der Waals surface area contributed by atoms with Crippen molar-refractivity contribution in [3.05, 3.63) is 102 Å². The molecule has 3 aromatic rings. The predicted molar refractivity (Wildman–Crippen MR) is 163 cm³/mol. The fourth-order valence-electron chi connectivity index (χ4n) is 4.49. The number of rotatable bonds is 10. The van der Waals surface area contributed by atoms with Crippen LogP contribution in [0.15, 0.2) is 96.0 Å². The van der Waals surface area contributed by atoms with E-state index in [1.54, 1.807) is 78.9 Å². The van der Waals surface area contributed by atoms with Gasteiger partial charge in [0.15, 0.2) is 6.04 Å². The van der Waals surface area contributed by atoms with Gasteiger partial charge in [-0.2, -0.15) is 0 Å². The van der Waals surface area contributed by atoms with Crippen molar-refractivity contribution in [1.82, 2.24) is 15.5 Å². The molecule has 4 rings (SSSR count). The molecule has 1 heterocycles. The fourth-order valence-corrected chi connectivity index (χ4v) is 4.49. The number of anilines is 1. The number of imide groups is 1. The molecule has 2 atom stereocenters. The molecule has 0 spiro atoms. The Morgan fingerprint density at radius 1 is 0.822 bits per heavy atom. The number of hydrogen-bond acceptors (Lipinski definition) is 8. The van der Waals surface area contributed by atoms with Gasteiger partial charge in [0.05, 0.1) is 13.0 Å². The van der Waals surface area contributed by atoms with Crippen LogP contribution in [0, 0.1) is 5.92 Å². The highest BCUT2D eigenvalue weighted by Crippen LogP contribution is 2.32. The van der Waals surface area contributed by atoms with E-state index in [9.17, 15) is 24.0 Å². The van der Waals surface area contributed by atoms with Crippen molar-refractivity contribution in [2.45, 2.75) is 32.1 Å². The average Bonchev–Trinajstić information content (AvgIpc) is 3.06. The second-order valence-corrected chi connectivity index (χ2v) is 9.84. The SMILES string of the molecule is COC(=O)[C@@H]1[C@@H](CCCNC(=NC(=O)OCc2ccccc2)NC(=O)OCc2ccccc2)C(=O)N1C(=O)Nc1ccccc1. The zero-order valence-electron chi connectivity index (χ0n) is 24.5. The number of carbonyl (C=O) groups excluding carboxylic acids is 5. The van der Waals surface area contributed by atoms with Crippen LogP contribution in [0.5, 0.6) is 0 Å². The molecule has 0 bridgehead atoms. The Morgan fingerprint density at radius 2 is 1.40 bits per heavy atom. The largest absolute Gasteiger partial charge is 0.467 e. The minimum Gasteiger partial charge on any atom is -0.467 e. The van der Waals surface area contributed by atoms with Crippen LogP contribution in [-0.4, -0.2) is 60.6 Å². The third-order valence-electron chi connectivity index (χ3n) is 6.73. The fraction of sp³-hybridized carbons (Fsp3) is 0.250. The zero-order valence-corrected chi connectivity index (χ0v) is 24.5. The number of aliphatic imine (C=N–C) groups is 1. The second-order valence-electron chi connectivity index (χ2n) is 9.84. The van der Waals surface area contributed by atoms with Crippen molar-refractivity contribution in [2.75, 3.05) is 19.0 Å². The first-order valence-corrected chi connectivity index (χ1v) is 14.1. The van der Waals surface area contributed by atoms with Gasteiger partial charge >= 0.3 is 24.2 Å². The summed E-state index contributed by atoms with van der Waals surface area (Å²) in [5.41, 5.74) is 1.98. The standard InChI is InChI=1S/C32H33N5O8/c1-43-28(39)26-25(27(38)37(26)30(40)34-24-16-9-4-10-17-24)18-11-19-33-29(35-31(41)44-20-22-12-5-2-6-13-22)36-32(42)45-21-23-14-7-3-8-15-23/h2-10,12-17,25-26H,11,18-21H2,1H3,(H,34,40)(H2,33,35,36,41,42)/t25-,26+/m1/s1. The van der Waals surface area contributed by atoms with Gasteiger partial charge in [-0.1, -0.05) is 78.9 Å². The van der Waals surface area contributed by atoms with Gasteiger partial charge in [0, 0.05) is 12.2 Å². The quantitative estimate of drug-likeness (QED) is 0.0757. The normalized spacial score (nSPS) is 15.7. The van der Waals surface area contributed by atoms with Gasteiger partial charge in [-0.3, -0.25) is 10.1 Å². The lowest BCUT2D eigenvalue weighted by Gasteiger charge is -2.43. The molecule has 234 valence electrons. The molecule has 1 saturated heterocycles. The van der Waals surface area contributed by atoms with Crippen LogP contribution in [0.1, 0.15) is 24.0 Å². The number of carbonyl (C=O) groups is 5. The van der Waals surface area contributed by atoms with E-state index in [0.717, 1.165) is 16.0 Å². The number of urea groups is 1. The van der Waals surface area contributed by atoms with Crippen LogP contribution >= 0.6 is 0 Å². The molecule has 1 aliphatic rings. The van der Waals surface area contributed by atoms with E-state index in [2.05, 4.69) is 20.9 Å². The molecule has 13 heteroatoms. The molecule has 3 aromatic carbocycles.